The number of hydrogen-bond donors (Lipinski definition) is 1. The van der Waals surface area contributed by atoms with Crippen molar-refractivity contribution in [2.24, 2.45) is 0 Å². The maximum Gasteiger partial charge on any atom is 0.418 e. The third kappa shape index (κ3) is 3.99. The minimum absolute atomic E-state index is 0.00347. The van der Waals surface area contributed by atoms with E-state index in [9.17, 15) is 13.2 Å². The zero-order valence-electron chi connectivity index (χ0n) is 13.3. The average Bonchev–Trinajstić information content (AvgIpc) is 2.61. The van der Waals surface area contributed by atoms with Crippen LogP contribution in [0.15, 0.2) is 36.8 Å². The molecule has 1 fully saturated rings. The summed E-state index contributed by atoms with van der Waals surface area (Å²) in [6.45, 7) is 0.968. The van der Waals surface area contributed by atoms with Gasteiger partial charge in [-0.1, -0.05) is 0 Å². The van der Waals surface area contributed by atoms with Gasteiger partial charge in [0.1, 0.15) is 12.1 Å². The Labute approximate surface area is 143 Å². The Bertz CT molecular complexity index is 770. The minimum Gasteiger partial charge on any atom is -0.369 e. The Morgan fingerprint density at radius 1 is 1.28 bits per heavy atom. The Morgan fingerprint density at radius 2 is 2.12 bits per heavy atom. The molecule has 1 N–H and O–H groups in total. The largest absolute Gasteiger partial charge is 0.418 e. The second-order valence-electron chi connectivity index (χ2n) is 5.87. The standard InChI is InChI=1S/C17H16F3N5/c18-17(19,20)14-8-12(9-21)3-4-15(14)25-7-1-2-13(10-25)24-16-5-6-22-11-23-16/h3-6,8,11,13H,1-2,7,10H2,(H,22,23,24). The molecule has 0 bridgehead atoms. The van der Waals surface area contributed by atoms with E-state index < -0.39 is 11.7 Å². The second kappa shape index (κ2) is 6.97. The molecule has 1 aliphatic heterocycles. The van der Waals surface area contributed by atoms with Crippen LogP contribution in [-0.2, 0) is 6.18 Å². The van der Waals surface area contributed by atoms with Gasteiger partial charge in [0.05, 0.1) is 17.2 Å². The van der Waals surface area contributed by atoms with Crippen LogP contribution in [0.4, 0.5) is 24.7 Å². The highest BCUT2D eigenvalue weighted by Gasteiger charge is 2.36. The summed E-state index contributed by atoms with van der Waals surface area (Å²) in [5, 5.41) is 12.1. The lowest BCUT2D eigenvalue weighted by molar-refractivity contribution is -0.137. The van der Waals surface area contributed by atoms with Gasteiger partial charge in [-0.15, -0.1) is 0 Å². The van der Waals surface area contributed by atoms with Gasteiger partial charge in [0.25, 0.3) is 0 Å². The zero-order chi connectivity index (χ0) is 17.9. The summed E-state index contributed by atoms with van der Waals surface area (Å²) in [6, 6.07) is 7.20. The Morgan fingerprint density at radius 3 is 2.80 bits per heavy atom. The van der Waals surface area contributed by atoms with E-state index in [0.717, 1.165) is 18.9 Å². The Hall–Kier alpha value is -2.82. The number of hydrogen-bond acceptors (Lipinski definition) is 5. The molecule has 0 radical (unpaired) electrons. The second-order valence-corrected chi connectivity index (χ2v) is 5.87. The SMILES string of the molecule is N#Cc1ccc(N2CCCC(Nc3ccncn3)C2)c(C(F)(F)F)c1. The molecular formula is C17H16F3N5. The lowest BCUT2D eigenvalue weighted by Crippen LogP contribution is -2.43. The molecule has 1 aromatic carbocycles. The number of rotatable bonds is 3. The van der Waals surface area contributed by atoms with Gasteiger partial charge in [0, 0.05) is 31.0 Å². The van der Waals surface area contributed by atoms with Crippen LogP contribution in [0.5, 0.6) is 0 Å². The summed E-state index contributed by atoms with van der Waals surface area (Å²) in [5.41, 5.74) is -0.654. The molecule has 25 heavy (non-hydrogen) atoms. The van der Waals surface area contributed by atoms with Crippen LogP contribution in [0.3, 0.4) is 0 Å². The van der Waals surface area contributed by atoms with Crippen LogP contribution < -0.4 is 10.2 Å². The van der Waals surface area contributed by atoms with Gasteiger partial charge in [0.2, 0.25) is 0 Å². The fourth-order valence-electron chi connectivity index (χ4n) is 3.01. The van der Waals surface area contributed by atoms with Crippen molar-refractivity contribution in [2.45, 2.75) is 25.1 Å². The predicted octanol–water partition coefficient (Wildman–Crippen LogP) is 3.45. The smallest absolute Gasteiger partial charge is 0.369 e. The van der Waals surface area contributed by atoms with E-state index in [4.69, 9.17) is 5.26 Å². The summed E-state index contributed by atoms with van der Waals surface area (Å²) in [4.78, 5) is 9.65. The molecule has 1 unspecified atom stereocenters. The predicted molar refractivity (Wildman–Crippen MR) is 87.0 cm³/mol. The molecule has 130 valence electrons. The summed E-state index contributed by atoms with van der Waals surface area (Å²) < 4.78 is 40.2. The fraction of sp³-hybridized carbons (Fsp3) is 0.353. The van der Waals surface area contributed by atoms with E-state index in [1.54, 1.807) is 23.2 Å². The molecule has 2 aromatic rings. The van der Waals surface area contributed by atoms with Crippen LogP contribution in [0.1, 0.15) is 24.0 Å². The minimum atomic E-state index is -4.50. The van der Waals surface area contributed by atoms with E-state index in [1.807, 2.05) is 0 Å². The van der Waals surface area contributed by atoms with Gasteiger partial charge < -0.3 is 10.2 Å². The first-order valence-corrected chi connectivity index (χ1v) is 7.86. The van der Waals surface area contributed by atoms with Crippen molar-refractivity contribution in [3.05, 3.63) is 47.9 Å². The van der Waals surface area contributed by atoms with Crippen LogP contribution in [0.25, 0.3) is 0 Å². The highest BCUT2D eigenvalue weighted by Crippen LogP contribution is 2.38. The monoisotopic (exact) mass is 347 g/mol. The van der Waals surface area contributed by atoms with Crippen molar-refractivity contribution < 1.29 is 13.2 Å². The first-order chi connectivity index (χ1) is 12.0. The maximum atomic E-state index is 13.4. The molecule has 1 atom stereocenters. The van der Waals surface area contributed by atoms with E-state index in [-0.39, 0.29) is 17.3 Å². The quantitative estimate of drug-likeness (QED) is 0.921. The summed E-state index contributed by atoms with van der Waals surface area (Å²) >= 11 is 0. The topological polar surface area (TPSA) is 64.8 Å². The molecule has 2 heterocycles. The van der Waals surface area contributed by atoms with Gasteiger partial charge >= 0.3 is 6.18 Å². The third-order valence-corrected chi connectivity index (χ3v) is 4.13. The summed E-state index contributed by atoms with van der Waals surface area (Å²) in [7, 11) is 0. The molecule has 3 rings (SSSR count). The molecule has 0 spiro atoms. The van der Waals surface area contributed by atoms with Crippen LogP contribution in [0.2, 0.25) is 0 Å². The highest BCUT2D eigenvalue weighted by atomic mass is 19.4. The first kappa shape index (κ1) is 17.0. The Balaban J connectivity index is 1.83. The van der Waals surface area contributed by atoms with Crippen LogP contribution in [-0.4, -0.2) is 29.1 Å². The molecule has 1 aromatic heterocycles. The normalized spacial score (nSPS) is 17.8. The third-order valence-electron chi connectivity index (χ3n) is 4.13. The maximum absolute atomic E-state index is 13.4. The van der Waals surface area contributed by atoms with E-state index in [1.165, 1.54) is 18.5 Å². The number of aromatic nitrogens is 2. The Kier molecular flexibility index (Phi) is 4.74. The fourth-order valence-corrected chi connectivity index (χ4v) is 3.01. The molecule has 1 saturated heterocycles. The molecule has 5 nitrogen and oxygen atoms in total. The lowest BCUT2D eigenvalue weighted by atomic mass is 10.0. The van der Waals surface area contributed by atoms with Crippen molar-refractivity contribution in [3.63, 3.8) is 0 Å². The van der Waals surface area contributed by atoms with Crippen molar-refractivity contribution in [1.82, 2.24) is 9.97 Å². The first-order valence-electron chi connectivity index (χ1n) is 7.86. The molecule has 0 saturated carbocycles. The molecular weight excluding hydrogens is 331 g/mol. The number of nitrogens with zero attached hydrogens (tertiary/aromatic N) is 4. The van der Waals surface area contributed by atoms with Crippen LogP contribution in [0, 0.1) is 11.3 Å². The summed E-state index contributed by atoms with van der Waals surface area (Å²) in [6.07, 6.45) is 0.136. The number of anilines is 2. The van der Waals surface area contributed by atoms with Gasteiger partial charge in [-0.2, -0.15) is 18.4 Å². The summed E-state index contributed by atoms with van der Waals surface area (Å²) in [5.74, 6) is 0.651. The van der Waals surface area contributed by atoms with Gasteiger partial charge in [-0.3, -0.25) is 0 Å². The number of benzene rings is 1. The zero-order valence-corrected chi connectivity index (χ0v) is 13.3. The average molecular weight is 347 g/mol. The van der Waals surface area contributed by atoms with Crippen LogP contribution >= 0.6 is 0 Å². The molecule has 0 aliphatic carbocycles. The number of halogens is 3. The number of nitriles is 1. The lowest BCUT2D eigenvalue weighted by Gasteiger charge is -2.36. The number of piperidine rings is 1. The molecule has 0 amide bonds. The van der Waals surface area contributed by atoms with Crippen molar-refractivity contribution in [1.29, 1.82) is 5.26 Å². The molecule has 1 aliphatic rings. The van der Waals surface area contributed by atoms with Gasteiger partial charge in [-0.05, 0) is 37.1 Å². The highest BCUT2D eigenvalue weighted by molar-refractivity contribution is 5.58. The van der Waals surface area contributed by atoms with Gasteiger partial charge in [0.15, 0.2) is 0 Å². The number of alkyl halides is 3. The van der Waals surface area contributed by atoms with Crippen molar-refractivity contribution in [3.8, 4) is 6.07 Å². The van der Waals surface area contributed by atoms with E-state index >= 15 is 0 Å². The number of nitrogens with one attached hydrogen (secondary N) is 1. The van der Waals surface area contributed by atoms with E-state index in [2.05, 4.69) is 15.3 Å². The van der Waals surface area contributed by atoms with Crippen molar-refractivity contribution >= 4 is 11.5 Å². The van der Waals surface area contributed by atoms with E-state index in [0.29, 0.717) is 18.9 Å². The van der Waals surface area contributed by atoms with Crippen molar-refractivity contribution in [2.75, 3.05) is 23.3 Å². The molecule has 8 heteroatoms. The van der Waals surface area contributed by atoms with Gasteiger partial charge in [-0.25, -0.2) is 9.97 Å².